The molecule has 0 bridgehead atoms. The Morgan fingerprint density at radius 3 is 2.33 bits per heavy atom. The molecule has 0 spiro atoms. The summed E-state index contributed by atoms with van der Waals surface area (Å²) in [7, 11) is 0. The van der Waals surface area contributed by atoms with Crippen molar-refractivity contribution in [2.75, 3.05) is 6.54 Å². The van der Waals surface area contributed by atoms with Crippen LogP contribution in [0.2, 0.25) is 0 Å². The Morgan fingerprint density at radius 1 is 1.39 bits per heavy atom. The quantitative estimate of drug-likeness (QED) is 0.158. The standard InChI is InChI=1S/C9H19N5O3.Cu/c1-5(10)7(15)14-6(8(16)17)3-2-4-13-9(11)12;/h5-6H,2-4,10H2,1H3,(H,14,15)(H,16,17)(H4,11,12,13);/q;+2. The van der Waals surface area contributed by atoms with E-state index in [9.17, 15) is 9.59 Å². The molecule has 0 saturated carbocycles. The molecule has 0 saturated heterocycles. The van der Waals surface area contributed by atoms with Gasteiger partial charge in [0.2, 0.25) is 5.91 Å². The molecule has 0 aliphatic carbocycles. The molecule has 1 radical (unpaired) electrons. The molecule has 0 rings (SSSR count). The van der Waals surface area contributed by atoms with E-state index in [1.807, 2.05) is 0 Å². The number of nitrogens with zero attached hydrogens (tertiary/aromatic N) is 1. The van der Waals surface area contributed by atoms with Crippen molar-refractivity contribution >= 4 is 17.8 Å². The molecule has 9 heteroatoms. The van der Waals surface area contributed by atoms with Crippen LogP contribution in [-0.4, -0.2) is 41.6 Å². The molecule has 8 nitrogen and oxygen atoms in total. The second-order valence-electron chi connectivity index (χ2n) is 3.64. The van der Waals surface area contributed by atoms with Gasteiger partial charge in [-0.3, -0.25) is 9.79 Å². The third kappa shape index (κ3) is 8.80. The van der Waals surface area contributed by atoms with E-state index in [1.54, 1.807) is 0 Å². The minimum atomic E-state index is -1.11. The minimum absolute atomic E-state index is 0. The van der Waals surface area contributed by atoms with Crippen LogP contribution in [0.3, 0.4) is 0 Å². The molecule has 0 aliphatic rings. The molecule has 1 amide bonds. The van der Waals surface area contributed by atoms with E-state index < -0.39 is 24.0 Å². The summed E-state index contributed by atoms with van der Waals surface area (Å²) in [5.74, 6) is -1.65. The fourth-order valence-electron chi connectivity index (χ4n) is 1.06. The monoisotopic (exact) mass is 308 g/mol. The van der Waals surface area contributed by atoms with E-state index in [1.165, 1.54) is 6.92 Å². The average molecular weight is 309 g/mol. The number of nitrogens with two attached hydrogens (primary N) is 3. The minimum Gasteiger partial charge on any atom is -0.480 e. The van der Waals surface area contributed by atoms with Gasteiger partial charge < -0.3 is 27.6 Å². The summed E-state index contributed by atoms with van der Waals surface area (Å²) in [5, 5.41) is 11.2. The molecule has 18 heavy (non-hydrogen) atoms. The Balaban J connectivity index is 0. The first-order valence-corrected chi connectivity index (χ1v) is 5.18. The number of hydrogen-bond acceptors (Lipinski definition) is 4. The molecule has 0 aromatic carbocycles. The maximum atomic E-state index is 11.2. The van der Waals surface area contributed by atoms with E-state index in [0.717, 1.165) is 0 Å². The topological polar surface area (TPSA) is 157 Å². The van der Waals surface area contributed by atoms with Gasteiger partial charge in [-0.25, -0.2) is 4.79 Å². The Labute approximate surface area is 116 Å². The van der Waals surface area contributed by atoms with Crippen molar-refractivity contribution in [2.24, 2.45) is 22.2 Å². The van der Waals surface area contributed by atoms with Crippen LogP contribution in [0.25, 0.3) is 0 Å². The number of aliphatic carboxylic acids is 1. The van der Waals surface area contributed by atoms with Crippen LogP contribution in [0, 0.1) is 0 Å². The summed E-state index contributed by atoms with van der Waals surface area (Å²) in [5.41, 5.74) is 15.5. The van der Waals surface area contributed by atoms with Crippen molar-refractivity contribution in [3.63, 3.8) is 0 Å². The van der Waals surface area contributed by atoms with Crippen molar-refractivity contribution in [3.8, 4) is 0 Å². The van der Waals surface area contributed by atoms with Crippen LogP contribution >= 0.6 is 0 Å². The number of carboxylic acids is 1. The van der Waals surface area contributed by atoms with Crippen LogP contribution in [-0.2, 0) is 26.7 Å². The first-order chi connectivity index (χ1) is 7.84. The Hall–Kier alpha value is -1.31. The van der Waals surface area contributed by atoms with Gasteiger partial charge in [0.1, 0.15) is 6.04 Å². The van der Waals surface area contributed by atoms with E-state index in [4.69, 9.17) is 22.3 Å². The first kappa shape index (κ1) is 19.0. The molecule has 0 fully saturated rings. The van der Waals surface area contributed by atoms with Crippen molar-refractivity contribution in [1.29, 1.82) is 0 Å². The molecular weight excluding hydrogens is 290 g/mol. The average Bonchev–Trinajstić information content (AvgIpc) is 2.21. The number of rotatable bonds is 7. The zero-order valence-corrected chi connectivity index (χ0v) is 11.0. The molecule has 2 atom stereocenters. The second-order valence-corrected chi connectivity index (χ2v) is 3.64. The van der Waals surface area contributed by atoms with Gasteiger partial charge in [-0.05, 0) is 19.8 Å². The van der Waals surface area contributed by atoms with Crippen LogP contribution in [0.4, 0.5) is 0 Å². The molecule has 2 unspecified atom stereocenters. The summed E-state index contributed by atoms with van der Waals surface area (Å²) in [6, 6.07) is -1.71. The third-order valence-corrected chi connectivity index (χ3v) is 1.97. The fourth-order valence-corrected chi connectivity index (χ4v) is 1.06. The number of carbonyl (C=O) groups excluding carboxylic acids is 1. The number of carbonyl (C=O) groups is 2. The summed E-state index contributed by atoms with van der Waals surface area (Å²) in [6.45, 7) is 1.80. The van der Waals surface area contributed by atoms with Gasteiger partial charge in [-0.1, -0.05) is 0 Å². The van der Waals surface area contributed by atoms with Gasteiger partial charge in [-0.2, -0.15) is 0 Å². The Kier molecular flexibility index (Phi) is 10.3. The van der Waals surface area contributed by atoms with Gasteiger partial charge in [-0.15, -0.1) is 0 Å². The number of amides is 1. The molecule has 0 heterocycles. The maximum absolute atomic E-state index is 11.2. The number of aliphatic imine (C=N–C) groups is 1. The van der Waals surface area contributed by atoms with Crippen LogP contribution < -0.4 is 22.5 Å². The molecule has 0 aliphatic heterocycles. The summed E-state index contributed by atoms with van der Waals surface area (Å²) in [6.07, 6.45) is 0.693. The molecule has 0 aromatic rings. The van der Waals surface area contributed by atoms with Crippen LogP contribution in [0.5, 0.6) is 0 Å². The summed E-state index contributed by atoms with van der Waals surface area (Å²) >= 11 is 0. The van der Waals surface area contributed by atoms with Gasteiger partial charge in [0, 0.05) is 6.54 Å². The fraction of sp³-hybridized carbons (Fsp3) is 0.667. The predicted octanol–water partition coefficient (Wildman–Crippen LogP) is -2.05. The van der Waals surface area contributed by atoms with Crippen molar-refractivity contribution in [1.82, 2.24) is 5.32 Å². The number of nitrogens with one attached hydrogen (secondary N) is 1. The number of carboxylic acid groups (broad SMARTS) is 1. The zero-order valence-electron chi connectivity index (χ0n) is 10.0. The first-order valence-electron chi connectivity index (χ1n) is 5.18. The van der Waals surface area contributed by atoms with Crippen molar-refractivity contribution in [2.45, 2.75) is 31.8 Å². The van der Waals surface area contributed by atoms with Crippen molar-refractivity contribution in [3.05, 3.63) is 0 Å². The van der Waals surface area contributed by atoms with Gasteiger partial charge in [0.05, 0.1) is 6.04 Å². The summed E-state index contributed by atoms with van der Waals surface area (Å²) in [4.78, 5) is 25.8. The predicted molar refractivity (Wildman–Crippen MR) is 63.1 cm³/mol. The van der Waals surface area contributed by atoms with E-state index in [-0.39, 0.29) is 29.4 Å². The number of hydrogen-bond donors (Lipinski definition) is 5. The SMILES string of the molecule is CC(N)C(=O)NC(CCCN=C(N)N)C(=O)O.[Cu+2]. The van der Waals surface area contributed by atoms with Gasteiger partial charge in [0.25, 0.3) is 0 Å². The van der Waals surface area contributed by atoms with E-state index >= 15 is 0 Å². The molecular formula is C9H19CuN5O3+2. The molecule has 0 aromatic heterocycles. The molecule has 8 N–H and O–H groups in total. The van der Waals surface area contributed by atoms with Gasteiger partial charge >= 0.3 is 23.0 Å². The Bertz CT molecular complexity index is 305. The number of guanidine groups is 1. The van der Waals surface area contributed by atoms with Crippen molar-refractivity contribution < 1.29 is 31.8 Å². The van der Waals surface area contributed by atoms with Crippen LogP contribution in [0.1, 0.15) is 19.8 Å². The summed E-state index contributed by atoms with van der Waals surface area (Å²) < 4.78 is 0. The zero-order chi connectivity index (χ0) is 13.4. The van der Waals surface area contributed by atoms with Gasteiger partial charge in [0.15, 0.2) is 5.96 Å². The third-order valence-electron chi connectivity index (χ3n) is 1.97. The molecule has 107 valence electrons. The van der Waals surface area contributed by atoms with E-state index in [2.05, 4.69) is 10.3 Å². The van der Waals surface area contributed by atoms with E-state index in [0.29, 0.717) is 13.0 Å². The Morgan fingerprint density at radius 2 is 1.94 bits per heavy atom. The largest absolute Gasteiger partial charge is 2.00 e. The maximum Gasteiger partial charge on any atom is 2.00 e. The van der Waals surface area contributed by atoms with Crippen LogP contribution in [0.15, 0.2) is 4.99 Å². The second kappa shape index (κ2) is 9.69. The smallest absolute Gasteiger partial charge is 0.480 e. The normalized spacial score (nSPS) is 12.8.